The summed E-state index contributed by atoms with van der Waals surface area (Å²) < 4.78 is 10.5. The van der Waals surface area contributed by atoms with Gasteiger partial charge < -0.3 is 14.8 Å². The predicted octanol–water partition coefficient (Wildman–Crippen LogP) is 3.64. The number of amides is 1. The van der Waals surface area contributed by atoms with Gasteiger partial charge in [0.2, 0.25) is 0 Å². The molecule has 0 fully saturated rings. The van der Waals surface area contributed by atoms with Crippen LogP contribution in [0.1, 0.15) is 35.5 Å². The van der Waals surface area contributed by atoms with Gasteiger partial charge >= 0.3 is 5.97 Å². The molecule has 1 amide bonds. The zero-order chi connectivity index (χ0) is 18.2. The number of nitrogens with one attached hydrogen (secondary N) is 1. The van der Waals surface area contributed by atoms with Gasteiger partial charge in [-0.15, -0.1) is 11.3 Å². The minimum absolute atomic E-state index is 0.230. The molecule has 0 unspecified atom stereocenters. The molecule has 0 saturated carbocycles. The quantitative estimate of drug-likeness (QED) is 0.729. The van der Waals surface area contributed by atoms with Crippen LogP contribution in [0.4, 0.5) is 0 Å². The number of methoxy groups -OCH3 is 1. The minimum atomic E-state index is -0.798. The third-order valence-corrected chi connectivity index (χ3v) is 4.43. The molecule has 1 heterocycles. The van der Waals surface area contributed by atoms with Gasteiger partial charge in [-0.1, -0.05) is 32.0 Å². The average molecular weight is 361 g/mol. The molecule has 0 aliphatic carbocycles. The molecule has 25 heavy (non-hydrogen) atoms. The van der Waals surface area contributed by atoms with Crippen molar-refractivity contribution in [1.29, 1.82) is 0 Å². The van der Waals surface area contributed by atoms with Gasteiger partial charge in [-0.2, -0.15) is 0 Å². The van der Waals surface area contributed by atoms with Gasteiger partial charge in [0.1, 0.15) is 10.6 Å². The largest absolute Gasteiger partial charge is 0.497 e. The van der Waals surface area contributed by atoms with Gasteiger partial charge in [-0.05, 0) is 41.5 Å². The lowest BCUT2D eigenvalue weighted by Crippen LogP contribution is -2.38. The SMILES string of the molecule is COc1ccc(CNC(=O)[C@@H](CC(C)C)OC(=O)c2cccs2)cc1. The average Bonchev–Trinajstić information content (AvgIpc) is 3.14. The first-order chi connectivity index (χ1) is 12.0. The van der Waals surface area contributed by atoms with Crippen LogP contribution in [0.25, 0.3) is 0 Å². The Morgan fingerprint density at radius 1 is 1.16 bits per heavy atom. The third kappa shape index (κ3) is 5.90. The summed E-state index contributed by atoms with van der Waals surface area (Å²) in [5.74, 6) is 0.250. The highest BCUT2D eigenvalue weighted by Crippen LogP contribution is 2.16. The standard InChI is InChI=1S/C19H23NO4S/c1-13(2)11-16(24-19(22)17-5-4-10-25-17)18(21)20-12-14-6-8-15(23-3)9-7-14/h4-10,13,16H,11-12H2,1-3H3,(H,20,21)/t16-/m1/s1. The lowest BCUT2D eigenvalue weighted by atomic mass is 10.1. The van der Waals surface area contributed by atoms with Crippen LogP contribution in [0.3, 0.4) is 0 Å². The maximum absolute atomic E-state index is 12.5. The van der Waals surface area contributed by atoms with Crippen molar-refractivity contribution in [3.05, 3.63) is 52.2 Å². The number of thiophene rings is 1. The Labute approximate surface area is 152 Å². The molecule has 0 bridgehead atoms. The van der Waals surface area contributed by atoms with E-state index in [-0.39, 0.29) is 11.8 Å². The topological polar surface area (TPSA) is 64.6 Å². The predicted molar refractivity (Wildman–Crippen MR) is 97.8 cm³/mol. The summed E-state index contributed by atoms with van der Waals surface area (Å²) in [7, 11) is 1.61. The van der Waals surface area contributed by atoms with E-state index >= 15 is 0 Å². The van der Waals surface area contributed by atoms with Gasteiger partial charge in [0.05, 0.1) is 7.11 Å². The number of hydrogen-bond acceptors (Lipinski definition) is 5. The van der Waals surface area contributed by atoms with Gasteiger partial charge in [0, 0.05) is 6.54 Å². The molecule has 1 atom stereocenters. The van der Waals surface area contributed by atoms with Crippen LogP contribution in [0.2, 0.25) is 0 Å². The van der Waals surface area contributed by atoms with Crippen molar-refractivity contribution in [2.45, 2.75) is 32.9 Å². The molecule has 0 spiro atoms. The molecule has 2 rings (SSSR count). The third-order valence-electron chi connectivity index (χ3n) is 3.58. The van der Waals surface area contributed by atoms with Crippen LogP contribution in [-0.2, 0) is 16.1 Å². The number of ether oxygens (including phenoxy) is 2. The van der Waals surface area contributed by atoms with Crippen molar-refractivity contribution in [2.75, 3.05) is 7.11 Å². The van der Waals surface area contributed by atoms with Gasteiger partial charge in [0.25, 0.3) is 5.91 Å². The first-order valence-corrected chi connectivity index (χ1v) is 9.02. The maximum atomic E-state index is 12.5. The Kier molecular flexibility index (Phi) is 7.01. The second-order valence-electron chi connectivity index (χ2n) is 6.07. The molecule has 0 aliphatic heterocycles. The number of carbonyl (C=O) groups excluding carboxylic acids is 2. The van der Waals surface area contributed by atoms with Crippen molar-refractivity contribution in [3.8, 4) is 5.75 Å². The summed E-state index contributed by atoms with van der Waals surface area (Å²) >= 11 is 1.30. The summed E-state index contributed by atoms with van der Waals surface area (Å²) in [6.07, 6.45) is -0.321. The number of hydrogen-bond donors (Lipinski definition) is 1. The Balaban J connectivity index is 1.95. The van der Waals surface area contributed by atoms with Gasteiger partial charge in [-0.25, -0.2) is 4.79 Å². The maximum Gasteiger partial charge on any atom is 0.349 e. The Bertz CT molecular complexity index is 680. The van der Waals surface area contributed by atoms with Crippen LogP contribution < -0.4 is 10.1 Å². The molecule has 2 aromatic rings. The van der Waals surface area contributed by atoms with E-state index in [1.54, 1.807) is 24.6 Å². The first-order valence-electron chi connectivity index (χ1n) is 8.14. The Morgan fingerprint density at radius 3 is 2.44 bits per heavy atom. The molecule has 0 aliphatic rings. The normalized spacial score (nSPS) is 11.8. The number of esters is 1. The van der Waals surface area contributed by atoms with E-state index in [1.807, 2.05) is 38.1 Å². The van der Waals surface area contributed by atoms with Crippen LogP contribution in [0.5, 0.6) is 5.75 Å². The van der Waals surface area contributed by atoms with E-state index in [0.29, 0.717) is 17.8 Å². The van der Waals surface area contributed by atoms with Crippen molar-refractivity contribution >= 4 is 23.2 Å². The summed E-state index contributed by atoms with van der Waals surface area (Å²) in [5, 5.41) is 4.64. The molecule has 6 heteroatoms. The van der Waals surface area contributed by atoms with E-state index in [4.69, 9.17) is 9.47 Å². The summed E-state index contributed by atoms with van der Waals surface area (Å²) in [6.45, 7) is 4.35. The monoisotopic (exact) mass is 361 g/mol. The van der Waals surface area contributed by atoms with Crippen LogP contribution in [0, 0.1) is 5.92 Å². The molecule has 134 valence electrons. The number of rotatable bonds is 8. The summed E-state index contributed by atoms with van der Waals surface area (Å²) in [4.78, 5) is 25.1. The fourth-order valence-corrected chi connectivity index (χ4v) is 2.87. The molecular weight excluding hydrogens is 338 g/mol. The van der Waals surface area contributed by atoms with E-state index in [9.17, 15) is 9.59 Å². The first kappa shape index (κ1) is 19.0. The molecule has 1 aromatic carbocycles. The number of benzene rings is 1. The second-order valence-corrected chi connectivity index (χ2v) is 7.01. The zero-order valence-corrected chi connectivity index (χ0v) is 15.5. The van der Waals surface area contributed by atoms with E-state index in [0.717, 1.165) is 11.3 Å². The van der Waals surface area contributed by atoms with Gasteiger partial charge in [-0.3, -0.25) is 4.79 Å². The van der Waals surface area contributed by atoms with E-state index in [2.05, 4.69) is 5.32 Å². The molecular formula is C19H23NO4S. The Hall–Kier alpha value is -2.34. The highest BCUT2D eigenvalue weighted by molar-refractivity contribution is 7.11. The van der Waals surface area contributed by atoms with Crippen molar-refractivity contribution in [2.24, 2.45) is 5.92 Å². The smallest absolute Gasteiger partial charge is 0.349 e. The molecule has 0 saturated heterocycles. The lowest BCUT2D eigenvalue weighted by Gasteiger charge is -2.19. The number of carbonyl (C=O) groups is 2. The van der Waals surface area contributed by atoms with Crippen molar-refractivity contribution in [3.63, 3.8) is 0 Å². The zero-order valence-electron chi connectivity index (χ0n) is 14.7. The van der Waals surface area contributed by atoms with Crippen molar-refractivity contribution < 1.29 is 19.1 Å². The van der Waals surface area contributed by atoms with E-state index < -0.39 is 12.1 Å². The van der Waals surface area contributed by atoms with Crippen LogP contribution in [0.15, 0.2) is 41.8 Å². The Morgan fingerprint density at radius 2 is 1.88 bits per heavy atom. The summed E-state index contributed by atoms with van der Waals surface area (Å²) in [6, 6.07) is 10.9. The minimum Gasteiger partial charge on any atom is -0.497 e. The van der Waals surface area contributed by atoms with E-state index in [1.165, 1.54) is 11.3 Å². The molecule has 0 radical (unpaired) electrons. The highest BCUT2D eigenvalue weighted by Gasteiger charge is 2.25. The molecule has 1 N–H and O–H groups in total. The van der Waals surface area contributed by atoms with Gasteiger partial charge in [0.15, 0.2) is 6.10 Å². The molecule has 1 aromatic heterocycles. The van der Waals surface area contributed by atoms with Crippen molar-refractivity contribution in [1.82, 2.24) is 5.32 Å². The lowest BCUT2D eigenvalue weighted by molar-refractivity contribution is -0.130. The second kappa shape index (κ2) is 9.22. The highest BCUT2D eigenvalue weighted by atomic mass is 32.1. The fraction of sp³-hybridized carbons (Fsp3) is 0.368. The fourth-order valence-electron chi connectivity index (χ4n) is 2.27. The van der Waals surface area contributed by atoms with Crippen LogP contribution in [-0.4, -0.2) is 25.1 Å². The summed E-state index contributed by atoms with van der Waals surface area (Å²) in [5.41, 5.74) is 0.946. The molecule has 5 nitrogen and oxygen atoms in total. The van der Waals surface area contributed by atoms with Crippen LogP contribution >= 0.6 is 11.3 Å².